The van der Waals surface area contributed by atoms with E-state index in [1.807, 2.05) is 12.1 Å². The summed E-state index contributed by atoms with van der Waals surface area (Å²) in [5.41, 5.74) is 7.25. The SMILES string of the molecule is SC1NNC(c2cccc(Br)c2)N1. The third kappa shape index (κ3) is 2.24. The van der Waals surface area contributed by atoms with Crippen LogP contribution in [0.2, 0.25) is 0 Å². The first-order chi connectivity index (χ1) is 6.25. The van der Waals surface area contributed by atoms with Crippen LogP contribution in [0.3, 0.4) is 0 Å². The topological polar surface area (TPSA) is 36.1 Å². The Hall–Kier alpha value is -0.0700. The molecule has 1 aliphatic rings. The molecule has 1 aliphatic heterocycles. The Morgan fingerprint density at radius 1 is 1.31 bits per heavy atom. The normalized spacial score (nSPS) is 27.8. The Labute approximate surface area is 90.8 Å². The Balaban J connectivity index is 2.16. The van der Waals surface area contributed by atoms with E-state index in [1.165, 1.54) is 5.56 Å². The summed E-state index contributed by atoms with van der Waals surface area (Å²) >= 11 is 7.66. The molecule has 0 radical (unpaired) electrons. The van der Waals surface area contributed by atoms with E-state index in [0.717, 1.165) is 4.47 Å². The van der Waals surface area contributed by atoms with E-state index < -0.39 is 0 Å². The van der Waals surface area contributed by atoms with E-state index in [0.29, 0.717) is 0 Å². The summed E-state index contributed by atoms with van der Waals surface area (Å²) in [7, 11) is 0. The Morgan fingerprint density at radius 2 is 2.15 bits per heavy atom. The highest BCUT2D eigenvalue weighted by atomic mass is 79.9. The second-order valence-electron chi connectivity index (χ2n) is 2.85. The molecule has 2 unspecified atom stereocenters. The number of hydrazine groups is 1. The molecule has 3 nitrogen and oxygen atoms in total. The fraction of sp³-hybridized carbons (Fsp3) is 0.250. The van der Waals surface area contributed by atoms with Gasteiger partial charge in [0.15, 0.2) is 0 Å². The quantitative estimate of drug-likeness (QED) is 0.576. The fourth-order valence-corrected chi connectivity index (χ4v) is 1.91. The van der Waals surface area contributed by atoms with Gasteiger partial charge in [-0.15, -0.1) is 12.6 Å². The first-order valence-electron chi connectivity index (χ1n) is 3.96. The molecule has 5 heteroatoms. The zero-order valence-corrected chi connectivity index (χ0v) is 9.27. The smallest absolute Gasteiger partial charge is 0.117 e. The van der Waals surface area contributed by atoms with Crippen LogP contribution in [0.1, 0.15) is 11.7 Å². The molecule has 0 bridgehead atoms. The van der Waals surface area contributed by atoms with Gasteiger partial charge in [0.25, 0.3) is 0 Å². The minimum Gasteiger partial charge on any atom is -0.272 e. The maximum atomic E-state index is 4.23. The van der Waals surface area contributed by atoms with E-state index in [2.05, 4.69) is 56.9 Å². The molecule has 13 heavy (non-hydrogen) atoms. The van der Waals surface area contributed by atoms with Gasteiger partial charge in [0.2, 0.25) is 0 Å². The predicted molar refractivity (Wildman–Crippen MR) is 59.1 cm³/mol. The highest BCUT2D eigenvalue weighted by Crippen LogP contribution is 2.18. The summed E-state index contributed by atoms with van der Waals surface area (Å²) in [6.07, 6.45) is 0.125. The molecule has 1 heterocycles. The summed E-state index contributed by atoms with van der Waals surface area (Å²) < 4.78 is 1.08. The van der Waals surface area contributed by atoms with Crippen LogP contribution in [0.5, 0.6) is 0 Å². The molecule has 0 aromatic heterocycles. The van der Waals surface area contributed by atoms with Crippen molar-refractivity contribution in [1.82, 2.24) is 16.2 Å². The molecule has 3 N–H and O–H groups in total. The fourth-order valence-electron chi connectivity index (χ4n) is 1.27. The summed E-state index contributed by atoms with van der Waals surface area (Å²) in [6, 6.07) is 8.14. The lowest BCUT2D eigenvalue weighted by Gasteiger charge is -2.10. The lowest BCUT2D eigenvalue weighted by atomic mass is 10.2. The highest BCUT2D eigenvalue weighted by Gasteiger charge is 2.20. The average Bonchev–Trinajstić information content (AvgIpc) is 2.52. The number of nitrogens with one attached hydrogen (secondary N) is 3. The molecule has 0 spiro atoms. The summed E-state index contributed by atoms with van der Waals surface area (Å²) in [5.74, 6) is 0. The second-order valence-corrected chi connectivity index (χ2v) is 4.28. The zero-order chi connectivity index (χ0) is 9.26. The van der Waals surface area contributed by atoms with Crippen LogP contribution in [0.4, 0.5) is 0 Å². The van der Waals surface area contributed by atoms with Crippen LogP contribution in [0, 0.1) is 0 Å². The van der Waals surface area contributed by atoms with E-state index in [-0.39, 0.29) is 11.7 Å². The van der Waals surface area contributed by atoms with Crippen LogP contribution >= 0.6 is 28.6 Å². The monoisotopic (exact) mass is 259 g/mol. The van der Waals surface area contributed by atoms with Gasteiger partial charge in [-0.25, -0.2) is 10.9 Å². The van der Waals surface area contributed by atoms with Gasteiger partial charge in [-0.05, 0) is 17.7 Å². The number of thiol groups is 1. The van der Waals surface area contributed by atoms with E-state index in [4.69, 9.17) is 0 Å². The summed E-state index contributed by atoms with van der Waals surface area (Å²) in [6.45, 7) is 0. The molecule has 2 rings (SSSR count). The zero-order valence-electron chi connectivity index (χ0n) is 6.79. The van der Waals surface area contributed by atoms with Gasteiger partial charge >= 0.3 is 0 Å². The highest BCUT2D eigenvalue weighted by molar-refractivity contribution is 9.10. The van der Waals surface area contributed by atoms with E-state index in [9.17, 15) is 0 Å². The van der Waals surface area contributed by atoms with Crippen LogP contribution < -0.4 is 16.2 Å². The minimum absolute atomic E-state index is 0.00369. The average molecular weight is 260 g/mol. The van der Waals surface area contributed by atoms with Crippen molar-refractivity contribution in [3.63, 3.8) is 0 Å². The van der Waals surface area contributed by atoms with Crippen LogP contribution in [0.15, 0.2) is 28.7 Å². The third-order valence-electron chi connectivity index (χ3n) is 1.87. The van der Waals surface area contributed by atoms with Gasteiger partial charge in [0.1, 0.15) is 5.50 Å². The molecular formula is C8H10BrN3S. The molecule has 2 atom stereocenters. The molecule has 1 aromatic rings. The Bertz CT molecular complexity index is 307. The summed E-state index contributed by atoms with van der Waals surface area (Å²) in [4.78, 5) is 0. The first-order valence-corrected chi connectivity index (χ1v) is 5.27. The second kappa shape index (κ2) is 3.98. The Kier molecular flexibility index (Phi) is 2.90. The van der Waals surface area contributed by atoms with Gasteiger partial charge in [-0.2, -0.15) is 0 Å². The number of halogens is 1. The van der Waals surface area contributed by atoms with Crippen molar-refractivity contribution in [3.8, 4) is 0 Å². The van der Waals surface area contributed by atoms with Crippen molar-refractivity contribution < 1.29 is 0 Å². The standard InChI is InChI=1S/C8H10BrN3S/c9-6-3-1-2-5(4-6)7-10-8(13)12-11-7/h1-4,7-8,10-13H. The van der Waals surface area contributed by atoms with Gasteiger partial charge in [0, 0.05) is 4.47 Å². The lowest BCUT2D eigenvalue weighted by molar-refractivity contribution is 0.554. The third-order valence-corrected chi connectivity index (χ3v) is 2.64. The van der Waals surface area contributed by atoms with Crippen molar-refractivity contribution in [2.45, 2.75) is 11.7 Å². The molecule has 1 fully saturated rings. The van der Waals surface area contributed by atoms with Crippen LogP contribution in [-0.4, -0.2) is 5.50 Å². The van der Waals surface area contributed by atoms with Gasteiger partial charge in [-0.1, -0.05) is 28.1 Å². The van der Waals surface area contributed by atoms with E-state index >= 15 is 0 Å². The van der Waals surface area contributed by atoms with E-state index in [1.54, 1.807) is 0 Å². The minimum atomic E-state index is 0.00369. The van der Waals surface area contributed by atoms with Crippen molar-refractivity contribution in [2.75, 3.05) is 0 Å². The number of hydrogen-bond donors (Lipinski definition) is 4. The lowest BCUT2D eigenvalue weighted by Crippen LogP contribution is -2.28. The van der Waals surface area contributed by atoms with Crippen molar-refractivity contribution >= 4 is 28.6 Å². The molecule has 0 aliphatic carbocycles. The maximum Gasteiger partial charge on any atom is 0.117 e. The largest absolute Gasteiger partial charge is 0.272 e. The number of benzene rings is 1. The van der Waals surface area contributed by atoms with Gasteiger partial charge in [0.05, 0.1) is 6.17 Å². The maximum absolute atomic E-state index is 4.23. The van der Waals surface area contributed by atoms with Crippen LogP contribution in [-0.2, 0) is 0 Å². The molecule has 70 valence electrons. The predicted octanol–water partition coefficient (Wildman–Crippen LogP) is 1.36. The number of rotatable bonds is 1. The molecular weight excluding hydrogens is 250 g/mol. The van der Waals surface area contributed by atoms with Gasteiger partial charge in [-0.3, -0.25) is 5.32 Å². The molecule has 1 saturated heterocycles. The summed E-state index contributed by atoms with van der Waals surface area (Å²) in [5, 5.41) is 3.22. The van der Waals surface area contributed by atoms with Crippen LogP contribution in [0.25, 0.3) is 0 Å². The van der Waals surface area contributed by atoms with Crippen molar-refractivity contribution in [2.24, 2.45) is 0 Å². The van der Waals surface area contributed by atoms with Crippen molar-refractivity contribution in [1.29, 1.82) is 0 Å². The first kappa shape index (κ1) is 9.48. The Morgan fingerprint density at radius 3 is 2.77 bits per heavy atom. The molecule has 1 aromatic carbocycles. The molecule has 0 amide bonds. The van der Waals surface area contributed by atoms with Crippen molar-refractivity contribution in [3.05, 3.63) is 34.3 Å². The number of hydrogen-bond acceptors (Lipinski definition) is 4. The van der Waals surface area contributed by atoms with Gasteiger partial charge < -0.3 is 0 Å². The molecule has 0 saturated carbocycles.